The van der Waals surface area contributed by atoms with Crippen molar-refractivity contribution in [3.63, 3.8) is 0 Å². The van der Waals surface area contributed by atoms with Crippen molar-refractivity contribution in [3.8, 4) is 11.5 Å². The van der Waals surface area contributed by atoms with Crippen LogP contribution in [0.25, 0.3) is 0 Å². The van der Waals surface area contributed by atoms with E-state index in [2.05, 4.69) is 77.0 Å². The first-order valence-electron chi connectivity index (χ1n) is 9.90. The summed E-state index contributed by atoms with van der Waals surface area (Å²) in [6, 6.07) is 10.8. The molecule has 2 aromatic rings. The van der Waals surface area contributed by atoms with Crippen molar-refractivity contribution in [2.75, 3.05) is 26.1 Å². The van der Waals surface area contributed by atoms with E-state index in [1.165, 1.54) is 22.4 Å². The molecule has 0 amide bonds. The molecule has 0 aliphatic carbocycles. The number of benzene rings is 2. The molecule has 0 radical (unpaired) electrons. The van der Waals surface area contributed by atoms with E-state index in [4.69, 9.17) is 14.5 Å². The third-order valence-corrected chi connectivity index (χ3v) is 5.56. The predicted molar refractivity (Wildman–Crippen MR) is 123 cm³/mol. The molecule has 2 aromatic carbocycles. The van der Waals surface area contributed by atoms with Gasteiger partial charge in [0.2, 0.25) is 0 Å². The van der Waals surface area contributed by atoms with Gasteiger partial charge in [-0.25, -0.2) is 0 Å². The lowest BCUT2D eigenvalue weighted by atomic mass is 9.81. The molecule has 4 rings (SSSR count). The van der Waals surface area contributed by atoms with Crippen LogP contribution in [0.15, 0.2) is 35.3 Å². The maximum atomic E-state index is 6.28. The minimum atomic E-state index is -0.239. The molecule has 5 heteroatoms. The number of anilines is 1. The number of nitrogens with zero attached hydrogens (tertiary/aromatic N) is 2. The minimum absolute atomic E-state index is 0. The number of rotatable bonds is 3. The molecule has 0 aromatic heterocycles. The summed E-state index contributed by atoms with van der Waals surface area (Å²) in [5, 5.41) is 0. The first-order valence-corrected chi connectivity index (χ1v) is 9.90. The van der Waals surface area contributed by atoms with Crippen molar-refractivity contribution < 1.29 is 9.47 Å². The Labute approximate surface area is 180 Å². The molecule has 0 unspecified atom stereocenters. The van der Waals surface area contributed by atoms with Gasteiger partial charge in [0.1, 0.15) is 5.60 Å². The van der Waals surface area contributed by atoms with Crippen molar-refractivity contribution in [2.45, 2.75) is 51.7 Å². The molecule has 4 nitrogen and oxygen atoms in total. The molecule has 0 N–H and O–H groups in total. The average molecular weight is 415 g/mol. The van der Waals surface area contributed by atoms with Gasteiger partial charge in [-0.3, -0.25) is 4.99 Å². The van der Waals surface area contributed by atoms with Gasteiger partial charge in [-0.05, 0) is 57.9 Å². The Morgan fingerprint density at radius 1 is 1.03 bits per heavy atom. The molecule has 0 atom stereocenters. The summed E-state index contributed by atoms with van der Waals surface area (Å²) in [5.74, 6) is 1.71. The van der Waals surface area contributed by atoms with Crippen LogP contribution < -0.4 is 14.4 Å². The Morgan fingerprint density at radius 2 is 1.69 bits per heavy atom. The second-order valence-corrected chi connectivity index (χ2v) is 9.35. The van der Waals surface area contributed by atoms with Gasteiger partial charge in [0.25, 0.3) is 0 Å². The molecular weight excluding hydrogens is 384 g/mol. The highest BCUT2D eigenvalue weighted by Crippen LogP contribution is 2.47. The summed E-state index contributed by atoms with van der Waals surface area (Å²) in [4.78, 5) is 7.30. The Bertz CT molecular complexity index is 960. The van der Waals surface area contributed by atoms with Crippen LogP contribution in [0.5, 0.6) is 11.5 Å². The predicted octanol–water partition coefficient (Wildman–Crippen LogP) is 5.07. The van der Waals surface area contributed by atoms with Crippen LogP contribution in [0.2, 0.25) is 0 Å². The van der Waals surface area contributed by atoms with E-state index in [-0.39, 0.29) is 23.5 Å². The first kappa shape index (κ1) is 21.5. The van der Waals surface area contributed by atoms with Crippen LogP contribution in [-0.4, -0.2) is 38.1 Å². The monoisotopic (exact) mass is 414 g/mol. The van der Waals surface area contributed by atoms with Gasteiger partial charge < -0.3 is 14.4 Å². The highest BCUT2D eigenvalue weighted by Gasteiger charge is 2.39. The van der Waals surface area contributed by atoms with E-state index in [9.17, 15) is 0 Å². The molecule has 156 valence electrons. The smallest absolute Gasteiger partial charge is 0.166 e. The second kappa shape index (κ2) is 7.24. The highest BCUT2D eigenvalue weighted by molar-refractivity contribution is 6.16. The lowest BCUT2D eigenvalue weighted by Gasteiger charge is -2.31. The molecule has 2 aliphatic heterocycles. The van der Waals surface area contributed by atoms with Gasteiger partial charge in [-0.15, -0.1) is 12.4 Å². The number of halogens is 1. The van der Waals surface area contributed by atoms with Crippen molar-refractivity contribution in [2.24, 2.45) is 4.99 Å². The lowest BCUT2D eigenvalue weighted by Crippen LogP contribution is -2.30. The van der Waals surface area contributed by atoms with E-state index in [1.807, 2.05) is 0 Å². The standard InChI is InChI=1S/C24H30N2O2.ClH/c1-23(2)13-16-12-19(27-7)22-18(14-24(3,4)28-22)20(16)21(25-23)15-8-10-17(11-9-15)26(5)6;/h8-12H,13-14H2,1-7H3;1H. The topological polar surface area (TPSA) is 34.1 Å². The van der Waals surface area contributed by atoms with E-state index >= 15 is 0 Å². The number of fused-ring (bicyclic) bond motifs is 3. The zero-order valence-electron chi connectivity index (χ0n) is 18.4. The van der Waals surface area contributed by atoms with Crippen molar-refractivity contribution in [1.82, 2.24) is 0 Å². The lowest BCUT2D eigenvalue weighted by molar-refractivity contribution is 0.134. The summed E-state index contributed by atoms with van der Waals surface area (Å²) < 4.78 is 12.0. The highest BCUT2D eigenvalue weighted by atomic mass is 35.5. The van der Waals surface area contributed by atoms with Gasteiger partial charge in [0, 0.05) is 42.9 Å². The Hall–Kier alpha value is -2.20. The van der Waals surface area contributed by atoms with E-state index in [0.717, 1.165) is 35.6 Å². The normalized spacial score (nSPS) is 18.0. The number of aliphatic imine (C=N–C) groups is 1. The van der Waals surface area contributed by atoms with Crippen LogP contribution >= 0.6 is 12.4 Å². The van der Waals surface area contributed by atoms with Crippen molar-refractivity contribution in [1.29, 1.82) is 0 Å². The average Bonchev–Trinajstić information content (AvgIpc) is 2.94. The first-order chi connectivity index (χ1) is 13.1. The van der Waals surface area contributed by atoms with Crippen LogP contribution in [0.3, 0.4) is 0 Å². The van der Waals surface area contributed by atoms with Gasteiger partial charge in [-0.2, -0.15) is 0 Å². The fraction of sp³-hybridized carbons (Fsp3) is 0.458. The molecule has 0 saturated heterocycles. The van der Waals surface area contributed by atoms with E-state index < -0.39 is 0 Å². The summed E-state index contributed by atoms with van der Waals surface area (Å²) in [7, 11) is 5.84. The molecule has 0 spiro atoms. The maximum absolute atomic E-state index is 6.28. The largest absolute Gasteiger partial charge is 0.493 e. The maximum Gasteiger partial charge on any atom is 0.166 e. The Balaban J connectivity index is 0.00000240. The number of hydrogen-bond acceptors (Lipinski definition) is 4. The molecule has 0 saturated carbocycles. The quantitative estimate of drug-likeness (QED) is 0.703. The van der Waals surface area contributed by atoms with Crippen molar-refractivity contribution >= 4 is 23.8 Å². The third kappa shape index (κ3) is 3.83. The second-order valence-electron chi connectivity index (χ2n) is 9.35. The number of methoxy groups -OCH3 is 1. The summed E-state index contributed by atoms with van der Waals surface area (Å²) in [5.41, 5.74) is 6.76. The van der Waals surface area contributed by atoms with Gasteiger partial charge >= 0.3 is 0 Å². The SMILES string of the molecule is COc1cc2c(c3c1OC(C)(C)C3)C(c1ccc(N(C)C)cc1)=NC(C)(C)C2.Cl. The van der Waals surface area contributed by atoms with Crippen LogP contribution in [-0.2, 0) is 12.8 Å². The number of hydrogen-bond donors (Lipinski definition) is 0. The van der Waals surface area contributed by atoms with E-state index in [0.29, 0.717) is 0 Å². The Kier molecular flexibility index (Phi) is 5.37. The van der Waals surface area contributed by atoms with Crippen molar-refractivity contribution in [3.05, 3.63) is 52.6 Å². The molecule has 0 bridgehead atoms. The zero-order chi connectivity index (χ0) is 20.3. The van der Waals surface area contributed by atoms with E-state index in [1.54, 1.807) is 7.11 Å². The van der Waals surface area contributed by atoms with Crippen LogP contribution in [0, 0.1) is 0 Å². The molecule has 2 aliphatic rings. The summed E-state index contributed by atoms with van der Waals surface area (Å²) in [6.07, 6.45) is 1.75. The van der Waals surface area contributed by atoms with Gasteiger partial charge in [0.05, 0.1) is 18.4 Å². The fourth-order valence-corrected chi connectivity index (χ4v) is 4.35. The minimum Gasteiger partial charge on any atom is -0.493 e. The summed E-state index contributed by atoms with van der Waals surface area (Å²) in [6.45, 7) is 8.66. The Morgan fingerprint density at radius 3 is 2.28 bits per heavy atom. The molecule has 2 heterocycles. The zero-order valence-corrected chi connectivity index (χ0v) is 19.2. The summed E-state index contributed by atoms with van der Waals surface area (Å²) >= 11 is 0. The third-order valence-electron chi connectivity index (χ3n) is 5.56. The van der Waals surface area contributed by atoms with Gasteiger partial charge in [0.15, 0.2) is 11.5 Å². The van der Waals surface area contributed by atoms with Crippen LogP contribution in [0.1, 0.15) is 49.9 Å². The fourth-order valence-electron chi connectivity index (χ4n) is 4.35. The molecule has 29 heavy (non-hydrogen) atoms. The number of ether oxygens (including phenoxy) is 2. The van der Waals surface area contributed by atoms with Gasteiger partial charge in [-0.1, -0.05) is 12.1 Å². The van der Waals surface area contributed by atoms with Crippen LogP contribution in [0.4, 0.5) is 5.69 Å². The molecule has 0 fully saturated rings. The molecular formula is C24H31ClN2O2.